The zero-order valence-electron chi connectivity index (χ0n) is 28.2. The van der Waals surface area contributed by atoms with Crippen LogP contribution in [0.3, 0.4) is 0 Å². The Bertz CT molecular complexity index is 1440. The van der Waals surface area contributed by atoms with Crippen LogP contribution in [0.2, 0.25) is 0 Å². The van der Waals surface area contributed by atoms with Crippen molar-refractivity contribution in [3.05, 3.63) is 144 Å². The lowest BCUT2D eigenvalue weighted by Gasteiger charge is -2.28. The molecule has 0 aliphatic heterocycles. The molecule has 0 aromatic heterocycles. The number of thiocarbonyl (C=S) groups is 1. The maximum atomic E-state index is 13.4. The van der Waals surface area contributed by atoms with Crippen molar-refractivity contribution in [2.75, 3.05) is 13.1 Å². The molecule has 0 aliphatic carbocycles. The van der Waals surface area contributed by atoms with Crippen LogP contribution >= 0.6 is 12.2 Å². The van der Waals surface area contributed by atoms with E-state index in [1.807, 2.05) is 135 Å². The minimum absolute atomic E-state index is 0.212. The Morgan fingerprint density at radius 2 is 0.875 bits per heavy atom. The summed E-state index contributed by atoms with van der Waals surface area (Å²) in [6.07, 6.45) is 4.72. The first-order valence-corrected chi connectivity index (χ1v) is 17.3. The number of ether oxygens (including phenoxy) is 2. The first kappa shape index (κ1) is 36.3. The van der Waals surface area contributed by atoms with E-state index in [1.165, 1.54) is 0 Å². The Balaban J connectivity index is 1.18. The molecule has 252 valence electrons. The first-order valence-electron chi connectivity index (χ1n) is 16.9. The van der Waals surface area contributed by atoms with Gasteiger partial charge >= 0.3 is 11.9 Å². The second-order valence-corrected chi connectivity index (χ2v) is 13.0. The number of carbonyl (C=O) groups is 2. The molecule has 2 N–H and O–H groups in total. The smallest absolute Gasteiger partial charge is 0.316 e. The predicted octanol–water partition coefficient (Wildman–Crippen LogP) is 8.19. The zero-order valence-corrected chi connectivity index (χ0v) is 29.0. The normalized spacial score (nSPS) is 13.4. The summed E-state index contributed by atoms with van der Waals surface area (Å²) in [6.45, 7) is 5.87. The number of nitrogens with one attached hydrogen (secondary N) is 2. The maximum absolute atomic E-state index is 13.4. The average Bonchev–Trinajstić information content (AvgIpc) is 3.13. The minimum atomic E-state index is -0.739. The molecule has 7 heteroatoms. The Morgan fingerprint density at radius 3 is 1.23 bits per heavy atom. The molecule has 2 unspecified atom stereocenters. The van der Waals surface area contributed by atoms with Crippen molar-refractivity contribution in [3.63, 3.8) is 0 Å². The Labute approximate surface area is 291 Å². The third-order valence-electron chi connectivity index (χ3n) is 8.93. The van der Waals surface area contributed by atoms with E-state index in [2.05, 4.69) is 10.6 Å². The lowest BCUT2D eigenvalue weighted by atomic mass is 9.78. The highest BCUT2D eigenvalue weighted by Crippen LogP contribution is 2.33. The van der Waals surface area contributed by atoms with Crippen LogP contribution in [0.4, 0.5) is 0 Å². The summed E-state index contributed by atoms with van der Waals surface area (Å²) >= 11 is 5.53. The Hall–Kier alpha value is -4.49. The molecule has 2 atom stereocenters. The number of carbonyl (C=O) groups excluding carboxylic acids is 2. The van der Waals surface area contributed by atoms with Crippen molar-refractivity contribution in [1.82, 2.24) is 10.6 Å². The standard InChI is InChI=1S/C41H48N2O4S/c1-40(35-23-11-5-12-24-35,37(44)46-31-33-19-7-3-8-20-33)27-15-17-29-42-39(48)43-30-18-16-28-41(2,36-25-13-6-14-26-36)38(45)47-32-34-21-9-4-10-22-34/h3-14,19-26H,15-18,27-32H2,1-2H3,(H2,42,43,48). The lowest BCUT2D eigenvalue weighted by Crippen LogP contribution is -2.37. The van der Waals surface area contributed by atoms with E-state index >= 15 is 0 Å². The van der Waals surface area contributed by atoms with Crippen LogP contribution < -0.4 is 10.6 Å². The molecule has 0 heterocycles. The number of rotatable bonds is 18. The highest BCUT2D eigenvalue weighted by molar-refractivity contribution is 7.80. The van der Waals surface area contributed by atoms with E-state index in [0.29, 0.717) is 31.0 Å². The maximum Gasteiger partial charge on any atom is 0.316 e. The first-order chi connectivity index (χ1) is 23.3. The predicted molar refractivity (Wildman–Crippen MR) is 196 cm³/mol. The molecule has 0 fully saturated rings. The van der Waals surface area contributed by atoms with Crippen molar-refractivity contribution >= 4 is 29.3 Å². The highest BCUT2D eigenvalue weighted by atomic mass is 32.1. The molecule has 4 rings (SSSR count). The van der Waals surface area contributed by atoms with Gasteiger partial charge in [0.2, 0.25) is 0 Å². The Kier molecular flexibility index (Phi) is 14.2. The fourth-order valence-corrected chi connectivity index (χ4v) is 5.98. The topological polar surface area (TPSA) is 76.7 Å². The van der Waals surface area contributed by atoms with Gasteiger partial charge in [-0.2, -0.15) is 0 Å². The van der Waals surface area contributed by atoms with E-state index in [1.54, 1.807) is 0 Å². The average molecular weight is 665 g/mol. The van der Waals surface area contributed by atoms with Crippen LogP contribution in [0.5, 0.6) is 0 Å². The molecule has 0 saturated carbocycles. The van der Waals surface area contributed by atoms with Gasteiger partial charge in [0, 0.05) is 13.1 Å². The van der Waals surface area contributed by atoms with Gasteiger partial charge in [-0.25, -0.2) is 0 Å². The molecule has 0 bridgehead atoms. The van der Waals surface area contributed by atoms with Gasteiger partial charge in [0.15, 0.2) is 5.11 Å². The number of esters is 2. The monoisotopic (exact) mass is 664 g/mol. The van der Waals surface area contributed by atoms with Crippen molar-refractivity contribution in [2.24, 2.45) is 0 Å². The van der Waals surface area contributed by atoms with Crippen molar-refractivity contribution in [3.8, 4) is 0 Å². The van der Waals surface area contributed by atoms with Gasteiger partial charge in [0.05, 0.1) is 10.8 Å². The molecule has 6 nitrogen and oxygen atoms in total. The van der Waals surface area contributed by atoms with Crippen LogP contribution in [-0.2, 0) is 43.1 Å². The molecule has 0 radical (unpaired) electrons. The second kappa shape index (κ2) is 18.7. The van der Waals surface area contributed by atoms with Crippen LogP contribution in [0.1, 0.15) is 74.6 Å². The van der Waals surface area contributed by atoms with E-state index < -0.39 is 10.8 Å². The largest absolute Gasteiger partial charge is 0.460 e. The summed E-state index contributed by atoms with van der Waals surface area (Å²) < 4.78 is 11.6. The quantitative estimate of drug-likeness (QED) is 0.0631. The second-order valence-electron chi connectivity index (χ2n) is 12.6. The molecular formula is C41H48N2O4S. The minimum Gasteiger partial charge on any atom is -0.460 e. The number of hydrogen-bond acceptors (Lipinski definition) is 5. The van der Waals surface area contributed by atoms with Gasteiger partial charge in [-0.1, -0.05) is 134 Å². The lowest BCUT2D eigenvalue weighted by molar-refractivity contribution is -0.152. The zero-order chi connectivity index (χ0) is 34.1. The van der Waals surface area contributed by atoms with E-state index in [0.717, 1.165) is 47.9 Å². The van der Waals surface area contributed by atoms with Gasteiger partial charge in [0.1, 0.15) is 13.2 Å². The van der Waals surface area contributed by atoms with Gasteiger partial charge in [-0.15, -0.1) is 0 Å². The summed E-state index contributed by atoms with van der Waals surface area (Å²) in [5.41, 5.74) is 2.38. The van der Waals surface area contributed by atoms with Crippen molar-refractivity contribution in [1.29, 1.82) is 0 Å². The van der Waals surface area contributed by atoms with E-state index in [-0.39, 0.29) is 25.2 Å². The van der Waals surface area contributed by atoms with Gasteiger partial charge in [-0.3, -0.25) is 9.59 Å². The van der Waals surface area contributed by atoms with Crippen LogP contribution in [-0.4, -0.2) is 30.1 Å². The Morgan fingerprint density at radius 1 is 0.542 bits per heavy atom. The third-order valence-corrected chi connectivity index (χ3v) is 9.22. The molecule has 0 aliphatic rings. The fourth-order valence-electron chi connectivity index (χ4n) is 5.78. The molecule has 4 aromatic carbocycles. The van der Waals surface area contributed by atoms with E-state index in [9.17, 15) is 9.59 Å². The van der Waals surface area contributed by atoms with Gasteiger partial charge in [-0.05, 0) is 74.0 Å². The van der Waals surface area contributed by atoms with E-state index in [4.69, 9.17) is 21.7 Å². The number of unbranched alkanes of at least 4 members (excludes halogenated alkanes) is 2. The molecule has 4 aromatic rings. The molecule has 48 heavy (non-hydrogen) atoms. The summed E-state index contributed by atoms with van der Waals surface area (Å²) in [5.74, 6) is -0.425. The summed E-state index contributed by atoms with van der Waals surface area (Å²) in [5, 5.41) is 7.20. The molecule has 0 spiro atoms. The van der Waals surface area contributed by atoms with Crippen molar-refractivity contribution < 1.29 is 19.1 Å². The number of benzene rings is 4. The van der Waals surface area contributed by atoms with Crippen LogP contribution in [0, 0.1) is 0 Å². The molecule has 0 saturated heterocycles. The summed E-state index contributed by atoms with van der Waals surface area (Å²) in [4.78, 5) is 26.7. The molecule has 0 amide bonds. The molecular weight excluding hydrogens is 617 g/mol. The van der Waals surface area contributed by atoms with Crippen LogP contribution in [0.15, 0.2) is 121 Å². The van der Waals surface area contributed by atoms with Gasteiger partial charge < -0.3 is 20.1 Å². The number of hydrogen-bond donors (Lipinski definition) is 2. The van der Waals surface area contributed by atoms with Gasteiger partial charge in [0.25, 0.3) is 0 Å². The summed E-state index contributed by atoms with van der Waals surface area (Å²) in [7, 11) is 0. The SMILES string of the molecule is CC(CCCCNC(=S)NCCCCC(C)(C(=O)OCc1ccccc1)c1ccccc1)(C(=O)OCc1ccccc1)c1ccccc1. The highest BCUT2D eigenvalue weighted by Gasteiger charge is 2.37. The van der Waals surface area contributed by atoms with Crippen LogP contribution in [0.25, 0.3) is 0 Å². The third kappa shape index (κ3) is 10.8. The fraction of sp³-hybridized carbons (Fsp3) is 0.341. The summed E-state index contributed by atoms with van der Waals surface area (Å²) in [6, 6.07) is 39.3. The van der Waals surface area contributed by atoms with Crippen molar-refractivity contribution in [2.45, 2.75) is 76.4 Å².